The zero-order chi connectivity index (χ0) is 16.6. The Kier molecular flexibility index (Phi) is 4.31. The van der Waals surface area contributed by atoms with Crippen molar-refractivity contribution in [2.45, 2.75) is 0 Å². The summed E-state index contributed by atoms with van der Waals surface area (Å²) in [6.45, 7) is 0. The lowest BCUT2D eigenvalue weighted by Gasteiger charge is -2.15. The van der Waals surface area contributed by atoms with Gasteiger partial charge in [-0.3, -0.25) is 15.0 Å². The zero-order valence-electron chi connectivity index (χ0n) is 11.5. The quantitative estimate of drug-likeness (QED) is 0.641. The van der Waals surface area contributed by atoms with Crippen LogP contribution in [-0.2, 0) is 9.59 Å². The number of benzene rings is 2. The van der Waals surface area contributed by atoms with Gasteiger partial charge in [0.15, 0.2) is 0 Å². The van der Waals surface area contributed by atoms with Gasteiger partial charge < -0.3 is 0 Å². The molecular weight excluding hydrogens is 359 g/mol. The second-order valence-electron chi connectivity index (χ2n) is 4.79. The zero-order valence-corrected chi connectivity index (χ0v) is 13.8. The highest BCUT2D eigenvalue weighted by Gasteiger charge is 2.34. The molecule has 1 saturated heterocycles. The fourth-order valence-corrected chi connectivity index (χ4v) is 2.51. The van der Waals surface area contributed by atoms with Gasteiger partial charge in [-0.2, -0.15) is 0 Å². The van der Waals surface area contributed by atoms with Gasteiger partial charge in [-0.1, -0.05) is 46.9 Å². The minimum Gasteiger partial charge on any atom is -0.267 e. The Bertz CT molecular complexity index is 832. The van der Waals surface area contributed by atoms with E-state index in [1.165, 1.54) is 12.1 Å². The number of rotatable bonds is 2. The Morgan fingerprint density at radius 3 is 2.26 bits per heavy atom. The van der Waals surface area contributed by atoms with Crippen LogP contribution in [0.5, 0.6) is 0 Å². The molecule has 0 bridgehead atoms. The van der Waals surface area contributed by atoms with E-state index in [-0.39, 0.29) is 5.57 Å². The Hall–Kier alpha value is -2.01. The summed E-state index contributed by atoms with van der Waals surface area (Å²) in [7, 11) is 0. The average Bonchev–Trinajstić information content (AvgIpc) is 2.80. The lowest BCUT2D eigenvalue weighted by molar-refractivity contribution is -0.117. The summed E-state index contributed by atoms with van der Waals surface area (Å²) >= 11 is 17.6. The van der Waals surface area contributed by atoms with Crippen LogP contribution in [0.25, 0.3) is 6.08 Å². The van der Waals surface area contributed by atoms with E-state index >= 15 is 0 Å². The topological polar surface area (TPSA) is 49.4 Å². The summed E-state index contributed by atoms with van der Waals surface area (Å²) in [6.07, 6.45) is 1.51. The number of carbonyl (C=O) groups excluding carboxylic acids is 2. The van der Waals surface area contributed by atoms with Crippen molar-refractivity contribution in [1.29, 1.82) is 0 Å². The molecule has 3 rings (SSSR count). The second kappa shape index (κ2) is 6.24. The van der Waals surface area contributed by atoms with Crippen molar-refractivity contribution in [2.75, 3.05) is 5.01 Å². The van der Waals surface area contributed by atoms with E-state index in [0.29, 0.717) is 26.3 Å². The summed E-state index contributed by atoms with van der Waals surface area (Å²) in [5, 5.41) is 2.37. The molecule has 2 amide bonds. The van der Waals surface area contributed by atoms with Gasteiger partial charge in [-0.15, -0.1) is 0 Å². The van der Waals surface area contributed by atoms with Crippen LogP contribution >= 0.6 is 34.8 Å². The van der Waals surface area contributed by atoms with Gasteiger partial charge in [0.1, 0.15) is 5.57 Å². The lowest BCUT2D eigenvalue weighted by Crippen LogP contribution is -2.35. The van der Waals surface area contributed by atoms with Crippen molar-refractivity contribution in [3.8, 4) is 0 Å². The highest BCUT2D eigenvalue weighted by Crippen LogP contribution is 2.29. The maximum atomic E-state index is 12.5. The molecule has 2 aromatic rings. The molecule has 0 aliphatic carbocycles. The molecule has 0 saturated carbocycles. The first-order chi connectivity index (χ1) is 11.0. The summed E-state index contributed by atoms with van der Waals surface area (Å²) in [5.41, 5.74) is 3.65. The second-order valence-corrected chi connectivity index (χ2v) is 6.04. The minimum atomic E-state index is -0.490. The monoisotopic (exact) mass is 366 g/mol. The van der Waals surface area contributed by atoms with Crippen LogP contribution in [-0.4, -0.2) is 11.8 Å². The van der Waals surface area contributed by atoms with Crippen LogP contribution < -0.4 is 10.4 Å². The van der Waals surface area contributed by atoms with Gasteiger partial charge in [0.05, 0.1) is 15.7 Å². The first-order valence-electron chi connectivity index (χ1n) is 6.53. The third kappa shape index (κ3) is 3.20. The highest BCUT2D eigenvalue weighted by molar-refractivity contribution is 6.42. The summed E-state index contributed by atoms with van der Waals surface area (Å²) in [5.74, 6) is -0.959. The Morgan fingerprint density at radius 2 is 1.61 bits per heavy atom. The number of hydrazine groups is 1. The van der Waals surface area contributed by atoms with Crippen LogP contribution in [0.15, 0.2) is 48.0 Å². The largest absolute Gasteiger partial charge is 0.282 e. The molecule has 1 aliphatic rings. The summed E-state index contributed by atoms with van der Waals surface area (Å²) in [6, 6.07) is 11.5. The predicted octanol–water partition coefficient (Wildman–Crippen LogP) is 4.11. The lowest BCUT2D eigenvalue weighted by atomic mass is 10.1. The molecule has 4 nitrogen and oxygen atoms in total. The van der Waals surface area contributed by atoms with Crippen molar-refractivity contribution in [3.63, 3.8) is 0 Å². The predicted molar refractivity (Wildman–Crippen MR) is 91.5 cm³/mol. The van der Waals surface area contributed by atoms with Gasteiger partial charge in [0, 0.05) is 5.02 Å². The normalized spacial score (nSPS) is 16.1. The molecule has 0 radical (unpaired) electrons. The van der Waals surface area contributed by atoms with Crippen LogP contribution in [0.4, 0.5) is 5.69 Å². The minimum absolute atomic E-state index is 0.0263. The smallest absolute Gasteiger partial charge is 0.267 e. The molecule has 7 heteroatoms. The maximum absolute atomic E-state index is 12.5. The van der Waals surface area contributed by atoms with E-state index in [1.807, 2.05) is 0 Å². The van der Waals surface area contributed by atoms with E-state index in [2.05, 4.69) is 5.43 Å². The molecule has 0 unspecified atom stereocenters. The Balaban J connectivity index is 1.93. The molecule has 23 heavy (non-hydrogen) atoms. The van der Waals surface area contributed by atoms with Crippen molar-refractivity contribution in [2.24, 2.45) is 0 Å². The molecule has 0 spiro atoms. The van der Waals surface area contributed by atoms with E-state index in [1.54, 1.807) is 36.4 Å². The average molecular weight is 368 g/mol. The van der Waals surface area contributed by atoms with E-state index < -0.39 is 11.8 Å². The van der Waals surface area contributed by atoms with Gasteiger partial charge in [-0.05, 0) is 42.0 Å². The first kappa shape index (κ1) is 15.9. The van der Waals surface area contributed by atoms with E-state index in [4.69, 9.17) is 34.8 Å². The fourth-order valence-electron chi connectivity index (χ4n) is 2.09. The van der Waals surface area contributed by atoms with Crippen LogP contribution in [0.3, 0.4) is 0 Å². The van der Waals surface area contributed by atoms with Gasteiger partial charge in [-0.25, -0.2) is 5.01 Å². The van der Waals surface area contributed by atoms with Crippen LogP contribution in [0, 0.1) is 0 Å². The number of hydrogen-bond donors (Lipinski definition) is 1. The summed E-state index contributed by atoms with van der Waals surface area (Å²) < 4.78 is 0. The van der Waals surface area contributed by atoms with Crippen LogP contribution in [0.2, 0.25) is 15.1 Å². The van der Waals surface area contributed by atoms with Crippen molar-refractivity contribution >= 4 is 58.4 Å². The van der Waals surface area contributed by atoms with Crippen molar-refractivity contribution in [1.82, 2.24) is 5.43 Å². The molecule has 0 aromatic heterocycles. The number of amides is 2. The van der Waals surface area contributed by atoms with Gasteiger partial charge in [0.25, 0.3) is 11.8 Å². The number of anilines is 1. The van der Waals surface area contributed by atoms with Crippen molar-refractivity contribution < 1.29 is 9.59 Å². The molecule has 1 fully saturated rings. The fraction of sp³-hybridized carbons (Fsp3) is 0. The number of nitrogens with zero attached hydrogens (tertiary/aromatic N) is 1. The van der Waals surface area contributed by atoms with E-state index in [0.717, 1.165) is 5.01 Å². The number of hydrogen-bond acceptors (Lipinski definition) is 2. The molecule has 0 atom stereocenters. The number of halogens is 3. The van der Waals surface area contributed by atoms with E-state index in [9.17, 15) is 9.59 Å². The Morgan fingerprint density at radius 1 is 0.913 bits per heavy atom. The number of nitrogens with one attached hydrogen (secondary N) is 1. The third-order valence-electron chi connectivity index (χ3n) is 3.23. The SMILES string of the molecule is O=C1NN(c2ccc(Cl)c(Cl)c2)C(=O)/C1=C\c1ccc(Cl)cc1. The highest BCUT2D eigenvalue weighted by atomic mass is 35.5. The first-order valence-corrected chi connectivity index (χ1v) is 7.67. The molecule has 2 aromatic carbocycles. The van der Waals surface area contributed by atoms with Crippen LogP contribution in [0.1, 0.15) is 5.56 Å². The van der Waals surface area contributed by atoms with Gasteiger partial charge >= 0.3 is 0 Å². The van der Waals surface area contributed by atoms with Gasteiger partial charge in [0.2, 0.25) is 0 Å². The maximum Gasteiger partial charge on any atom is 0.282 e. The summed E-state index contributed by atoms with van der Waals surface area (Å²) in [4.78, 5) is 24.5. The molecule has 116 valence electrons. The molecule has 1 heterocycles. The third-order valence-corrected chi connectivity index (χ3v) is 4.22. The Labute approximate surface area is 147 Å². The number of carbonyl (C=O) groups is 2. The molecular formula is C16H9Cl3N2O2. The molecule has 1 N–H and O–H groups in total. The standard InChI is InChI=1S/C16H9Cl3N2O2/c17-10-3-1-9(2-4-10)7-12-15(22)20-21(16(12)23)11-5-6-13(18)14(19)8-11/h1-8H,(H,20,22)/b12-7-. The molecule has 1 aliphatic heterocycles. The van der Waals surface area contributed by atoms with Crippen molar-refractivity contribution in [3.05, 3.63) is 68.7 Å².